The summed E-state index contributed by atoms with van der Waals surface area (Å²) in [6.07, 6.45) is 0. The van der Waals surface area contributed by atoms with Crippen molar-refractivity contribution in [1.82, 2.24) is 0 Å². The fraction of sp³-hybridized carbons (Fsp3) is 0.0667. The van der Waals surface area contributed by atoms with Crippen LogP contribution in [0.1, 0.15) is 15.9 Å². The van der Waals surface area contributed by atoms with E-state index in [0.717, 1.165) is 5.69 Å². The molecule has 0 saturated carbocycles. The monoisotopic (exact) mass is 303 g/mol. The highest BCUT2D eigenvalue weighted by Crippen LogP contribution is 2.15. The Morgan fingerprint density at radius 2 is 1.67 bits per heavy atom. The molecule has 0 aliphatic heterocycles. The zero-order chi connectivity index (χ0) is 15.4. The van der Waals surface area contributed by atoms with Crippen molar-refractivity contribution in [2.45, 2.75) is 6.92 Å². The van der Waals surface area contributed by atoms with Gasteiger partial charge in [0.25, 0.3) is 0 Å². The van der Waals surface area contributed by atoms with Gasteiger partial charge in [-0.05, 0) is 67.2 Å². The summed E-state index contributed by atoms with van der Waals surface area (Å²) in [5.41, 5.74) is 7.54. The van der Waals surface area contributed by atoms with Gasteiger partial charge in [0, 0.05) is 16.9 Å². The van der Waals surface area contributed by atoms with Crippen LogP contribution in [0.5, 0.6) is 0 Å². The SMILES string of the molecule is Cc1cc(NC(=S)Nc2ccc(C(N)=O)cc2)ccc1F. The van der Waals surface area contributed by atoms with E-state index in [0.29, 0.717) is 21.9 Å². The fourth-order valence-corrected chi connectivity index (χ4v) is 1.97. The number of primary amides is 1. The zero-order valence-electron chi connectivity index (χ0n) is 11.3. The summed E-state index contributed by atoms with van der Waals surface area (Å²) in [6, 6.07) is 11.3. The number of halogens is 1. The number of carbonyl (C=O) groups excluding carboxylic acids is 1. The number of hydrogen-bond donors (Lipinski definition) is 3. The zero-order valence-corrected chi connectivity index (χ0v) is 12.1. The van der Waals surface area contributed by atoms with E-state index in [-0.39, 0.29) is 5.82 Å². The van der Waals surface area contributed by atoms with Gasteiger partial charge in [0.2, 0.25) is 5.91 Å². The summed E-state index contributed by atoms with van der Waals surface area (Å²) in [6.45, 7) is 1.68. The lowest BCUT2D eigenvalue weighted by atomic mass is 10.2. The molecule has 0 aliphatic carbocycles. The van der Waals surface area contributed by atoms with E-state index in [1.165, 1.54) is 6.07 Å². The second kappa shape index (κ2) is 6.32. The molecule has 0 atom stereocenters. The van der Waals surface area contributed by atoms with Crippen molar-refractivity contribution in [3.63, 3.8) is 0 Å². The van der Waals surface area contributed by atoms with Crippen LogP contribution in [0.15, 0.2) is 42.5 Å². The summed E-state index contributed by atoms with van der Waals surface area (Å²) in [7, 11) is 0. The predicted octanol–water partition coefficient (Wildman–Crippen LogP) is 3.04. The molecule has 1 amide bonds. The van der Waals surface area contributed by atoms with Gasteiger partial charge in [-0.1, -0.05) is 0 Å². The lowest BCUT2D eigenvalue weighted by Gasteiger charge is -2.11. The molecule has 0 heterocycles. The highest BCUT2D eigenvalue weighted by Gasteiger charge is 2.03. The summed E-state index contributed by atoms with van der Waals surface area (Å²) >= 11 is 5.17. The van der Waals surface area contributed by atoms with Crippen molar-refractivity contribution >= 4 is 34.6 Å². The van der Waals surface area contributed by atoms with E-state index in [2.05, 4.69) is 10.6 Å². The molecule has 6 heteroatoms. The van der Waals surface area contributed by atoms with Gasteiger partial charge in [-0.2, -0.15) is 0 Å². The van der Waals surface area contributed by atoms with Crippen molar-refractivity contribution in [2.75, 3.05) is 10.6 Å². The van der Waals surface area contributed by atoms with Gasteiger partial charge in [-0.3, -0.25) is 4.79 Å². The minimum atomic E-state index is -0.482. The minimum Gasteiger partial charge on any atom is -0.366 e. The number of benzene rings is 2. The maximum atomic E-state index is 13.2. The number of nitrogens with one attached hydrogen (secondary N) is 2. The molecule has 0 fully saturated rings. The van der Waals surface area contributed by atoms with E-state index in [9.17, 15) is 9.18 Å². The first kappa shape index (κ1) is 14.9. The van der Waals surface area contributed by atoms with Gasteiger partial charge in [0.15, 0.2) is 5.11 Å². The molecule has 2 rings (SSSR count). The predicted molar refractivity (Wildman–Crippen MR) is 85.9 cm³/mol. The van der Waals surface area contributed by atoms with Crippen molar-refractivity contribution in [3.05, 3.63) is 59.4 Å². The molecular weight excluding hydrogens is 289 g/mol. The highest BCUT2D eigenvalue weighted by molar-refractivity contribution is 7.80. The maximum absolute atomic E-state index is 13.2. The number of rotatable bonds is 3. The van der Waals surface area contributed by atoms with E-state index in [1.807, 2.05) is 0 Å². The lowest BCUT2D eigenvalue weighted by molar-refractivity contribution is 0.100. The molecule has 0 aromatic heterocycles. The Hall–Kier alpha value is -2.47. The average molecular weight is 303 g/mol. The lowest BCUT2D eigenvalue weighted by Crippen LogP contribution is -2.19. The van der Waals surface area contributed by atoms with E-state index >= 15 is 0 Å². The Bertz CT molecular complexity index is 686. The summed E-state index contributed by atoms with van der Waals surface area (Å²) < 4.78 is 13.2. The smallest absolute Gasteiger partial charge is 0.248 e. The molecule has 0 spiro atoms. The van der Waals surface area contributed by atoms with Crippen molar-refractivity contribution in [3.8, 4) is 0 Å². The number of nitrogens with two attached hydrogens (primary N) is 1. The number of hydrogen-bond acceptors (Lipinski definition) is 2. The Morgan fingerprint density at radius 3 is 2.24 bits per heavy atom. The van der Waals surface area contributed by atoms with E-state index < -0.39 is 5.91 Å². The molecule has 0 saturated heterocycles. The Morgan fingerprint density at radius 1 is 1.10 bits per heavy atom. The third-order valence-electron chi connectivity index (χ3n) is 2.84. The number of aryl methyl sites for hydroxylation is 1. The molecule has 0 bridgehead atoms. The summed E-state index contributed by atoms with van der Waals surface area (Å²) in [4.78, 5) is 11.0. The number of anilines is 2. The van der Waals surface area contributed by atoms with Crippen LogP contribution in [-0.4, -0.2) is 11.0 Å². The molecule has 21 heavy (non-hydrogen) atoms. The quantitative estimate of drug-likeness (QED) is 0.762. The Kier molecular flexibility index (Phi) is 4.49. The van der Waals surface area contributed by atoms with Crippen molar-refractivity contribution in [2.24, 2.45) is 5.73 Å². The van der Waals surface area contributed by atoms with Crippen molar-refractivity contribution < 1.29 is 9.18 Å². The van der Waals surface area contributed by atoms with Crippen LogP contribution in [0.4, 0.5) is 15.8 Å². The molecule has 2 aromatic carbocycles. The normalized spacial score (nSPS) is 10.0. The van der Waals surface area contributed by atoms with Gasteiger partial charge >= 0.3 is 0 Å². The van der Waals surface area contributed by atoms with Crippen LogP contribution in [-0.2, 0) is 0 Å². The van der Waals surface area contributed by atoms with Crippen molar-refractivity contribution in [1.29, 1.82) is 0 Å². The van der Waals surface area contributed by atoms with Gasteiger partial charge in [0.05, 0.1) is 0 Å². The van der Waals surface area contributed by atoms with Crippen LogP contribution in [0, 0.1) is 12.7 Å². The maximum Gasteiger partial charge on any atom is 0.248 e. The third-order valence-corrected chi connectivity index (χ3v) is 3.05. The molecule has 4 nitrogen and oxygen atoms in total. The first-order valence-electron chi connectivity index (χ1n) is 6.20. The van der Waals surface area contributed by atoms with Crippen LogP contribution in [0.3, 0.4) is 0 Å². The standard InChI is InChI=1S/C15H14FN3OS/c1-9-8-12(6-7-13(9)16)19-15(21)18-11-4-2-10(3-5-11)14(17)20/h2-8H,1H3,(H2,17,20)(H2,18,19,21). The molecule has 0 radical (unpaired) electrons. The van der Waals surface area contributed by atoms with E-state index in [1.54, 1.807) is 43.3 Å². The van der Waals surface area contributed by atoms with Crippen LogP contribution in [0.25, 0.3) is 0 Å². The summed E-state index contributed by atoms with van der Waals surface area (Å²) in [5, 5.41) is 6.29. The summed E-state index contributed by atoms with van der Waals surface area (Å²) in [5.74, 6) is -0.745. The molecule has 0 aliphatic rings. The average Bonchev–Trinajstić information content (AvgIpc) is 2.43. The molecule has 0 unspecified atom stereocenters. The first-order valence-corrected chi connectivity index (χ1v) is 6.60. The number of thiocarbonyl (C=S) groups is 1. The van der Waals surface area contributed by atoms with Gasteiger partial charge in [-0.25, -0.2) is 4.39 Å². The third kappa shape index (κ3) is 4.00. The van der Waals surface area contributed by atoms with Crippen LogP contribution in [0.2, 0.25) is 0 Å². The number of carbonyl (C=O) groups is 1. The van der Waals surface area contributed by atoms with Gasteiger partial charge in [0.1, 0.15) is 5.82 Å². The molecule has 2 aromatic rings. The highest BCUT2D eigenvalue weighted by atomic mass is 32.1. The van der Waals surface area contributed by atoms with Crippen LogP contribution < -0.4 is 16.4 Å². The number of amides is 1. The van der Waals surface area contributed by atoms with Crippen LogP contribution >= 0.6 is 12.2 Å². The Labute approximate surface area is 127 Å². The Balaban J connectivity index is 2.01. The molecular formula is C15H14FN3OS. The topological polar surface area (TPSA) is 67.2 Å². The van der Waals surface area contributed by atoms with E-state index in [4.69, 9.17) is 18.0 Å². The first-order chi connectivity index (χ1) is 9.95. The molecule has 108 valence electrons. The largest absolute Gasteiger partial charge is 0.366 e. The fourth-order valence-electron chi connectivity index (χ4n) is 1.73. The minimum absolute atomic E-state index is 0.263. The van der Waals surface area contributed by atoms with Gasteiger partial charge in [-0.15, -0.1) is 0 Å². The molecule has 4 N–H and O–H groups in total. The second-order valence-electron chi connectivity index (χ2n) is 4.48. The van der Waals surface area contributed by atoms with Gasteiger partial charge < -0.3 is 16.4 Å². The second-order valence-corrected chi connectivity index (χ2v) is 4.89.